The normalized spacial score (nSPS) is 11.1. The molecule has 0 saturated heterocycles. The lowest BCUT2D eigenvalue weighted by molar-refractivity contribution is 0.387. The van der Waals surface area contributed by atoms with Crippen molar-refractivity contribution in [3.05, 3.63) is 30.6 Å². The molecule has 6 heteroatoms. The van der Waals surface area contributed by atoms with E-state index in [-0.39, 0.29) is 5.75 Å². The molecule has 0 amide bonds. The van der Waals surface area contributed by atoms with Crippen molar-refractivity contribution in [3.63, 3.8) is 0 Å². The monoisotopic (exact) mass is 218 g/mol. The molecule has 80 valence electrons. The van der Waals surface area contributed by atoms with Crippen molar-refractivity contribution >= 4 is 16.6 Å². The molecule has 5 nitrogen and oxygen atoms in total. The van der Waals surface area contributed by atoms with E-state index in [1.165, 1.54) is 30.3 Å². The first-order chi connectivity index (χ1) is 7.79. The highest BCUT2D eigenvalue weighted by Gasteiger charge is 2.09. The van der Waals surface area contributed by atoms with E-state index in [2.05, 4.69) is 15.1 Å². The van der Waals surface area contributed by atoms with Crippen LogP contribution >= 0.6 is 0 Å². The molecule has 0 saturated carbocycles. The molecule has 3 rings (SSSR count). The molecule has 0 aliphatic rings. The Morgan fingerprint density at radius 2 is 2.19 bits per heavy atom. The van der Waals surface area contributed by atoms with Gasteiger partial charge in [0.2, 0.25) is 0 Å². The fourth-order valence-corrected chi connectivity index (χ4v) is 1.63. The van der Waals surface area contributed by atoms with Gasteiger partial charge in [0.15, 0.2) is 17.2 Å². The summed E-state index contributed by atoms with van der Waals surface area (Å²) in [6.45, 7) is 0. The second-order valence-corrected chi connectivity index (χ2v) is 3.28. The van der Waals surface area contributed by atoms with Gasteiger partial charge in [-0.15, -0.1) is 0 Å². The summed E-state index contributed by atoms with van der Waals surface area (Å²) in [6.07, 6.45) is 2.93. The predicted octanol–water partition coefficient (Wildman–Crippen LogP) is 1.43. The summed E-state index contributed by atoms with van der Waals surface area (Å²) in [5.74, 6) is -0.267. The van der Waals surface area contributed by atoms with Crippen LogP contribution in [0, 0.1) is 5.82 Å². The van der Waals surface area contributed by atoms with Gasteiger partial charge in [-0.2, -0.15) is 5.10 Å². The topological polar surface area (TPSA) is 52.3 Å². The highest BCUT2D eigenvalue weighted by molar-refractivity contribution is 5.91. The zero-order valence-electron chi connectivity index (χ0n) is 8.38. The Balaban J connectivity index is 2.47. The van der Waals surface area contributed by atoms with E-state index >= 15 is 0 Å². The minimum absolute atomic E-state index is 0.170. The number of methoxy groups -OCH3 is 1. The number of benzene rings is 1. The third kappa shape index (κ3) is 1.13. The maximum atomic E-state index is 13.5. The Bertz CT molecular complexity index is 679. The second-order valence-electron chi connectivity index (χ2n) is 3.28. The largest absolute Gasteiger partial charge is 0.494 e. The molecule has 0 atom stereocenters. The quantitative estimate of drug-likeness (QED) is 0.620. The van der Waals surface area contributed by atoms with E-state index in [1.54, 1.807) is 6.07 Å². The highest BCUT2D eigenvalue weighted by atomic mass is 19.1. The molecule has 0 spiro atoms. The van der Waals surface area contributed by atoms with Crippen molar-refractivity contribution in [1.29, 1.82) is 0 Å². The van der Waals surface area contributed by atoms with Gasteiger partial charge in [0.25, 0.3) is 0 Å². The number of nitrogens with zero attached hydrogens (tertiary/aromatic N) is 4. The van der Waals surface area contributed by atoms with Crippen LogP contribution in [0.2, 0.25) is 0 Å². The van der Waals surface area contributed by atoms with E-state index < -0.39 is 5.82 Å². The SMILES string of the molecule is COc1cc2ncn3ncnc3c2cc1F. The molecular formula is C10H7FN4O. The molecule has 1 aromatic carbocycles. The second kappa shape index (κ2) is 3.13. The van der Waals surface area contributed by atoms with Gasteiger partial charge in [0.05, 0.1) is 12.6 Å². The van der Waals surface area contributed by atoms with Gasteiger partial charge in [-0.3, -0.25) is 0 Å². The minimum atomic E-state index is -0.437. The summed E-state index contributed by atoms with van der Waals surface area (Å²) in [5.41, 5.74) is 1.20. The van der Waals surface area contributed by atoms with Crippen molar-refractivity contribution in [1.82, 2.24) is 19.6 Å². The summed E-state index contributed by atoms with van der Waals surface area (Å²) in [4.78, 5) is 8.19. The van der Waals surface area contributed by atoms with Crippen molar-refractivity contribution in [2.75, 3.05) is 7.11 Å². The Morgan fingerprint density at radius 1 is 1.31 bits per heavy atom. The third-order valence-corrected chi connectivity index (χ3v) is 2.39. The number of hydrogen-bond acceptors (Lipinski definition) is 4. The van der Waals surface area contributed by atoms with Crippen LogP contribution in [-0.2, 0) is 0 Å². The van der Waals surface area contributed by atoms with Crippen LogP contribution < -0.4 is 4.74 Å². The molecule has 0 N–H and O–H groups in total. The Morgan fingerprint density at radius 3 is 3.00 bits per heavy atom. The fourth-order valence-electron chi connectivity index (χ4n) is 1.63. The lowest BCUT2D eigenvalue weighted by atomic mass is 10.2. The molecule has 0 bridgehead atoms. The van der Waals surface area contributed by atoms with E-state index in [0.29, 0.717) is 16.6 Å². The standard InChI is InChI=1S/C10H7FN4O/c1-16-9-3-8-6(2-7(9)11)10-12-4-14-15(10)5-13-8/h2-5H,1H3. The minimum Gasteiger partial charge on any atom is -0.494 e. The molecule has 3 aromatic rings. The maximum Gasteiger partial charge on any atom is 0.166 e. The molecule has 16 heavy (non-hydrogen) atoms. The van der Waals surface area contributed by atoms with Crippen LogP contribution in [0.5, 0.6) is 5.75 Å². The fraction of sp³-hybridized carbons (Fsp3) is 0.100. The van der Waals surface area contributed by atoms with Gasteiger partial charge < -0.3 is 4.74 Å². The van der Waals surface area contributed by atoms with Gasteiger partial charge in [-0.05, 0) is 6.07 Å². The first kappa shape index (κ1) is 9.02. The van der Waals surface area contributed by atoms with Crippen molar-refractivity contribution < 1.29 is 9.13 Å². The highest BCUT2D eigenvalue weighted by Crippen LogP contribution is 2.24. The first-order valence-electron chi connectivity index (χ1n) is 4.61. The molecule has 0 fully saturated rings. The Hall–Kier alpha value is -2.24. The zero-order valence-corrected chi connectivity index (χ0v) is 8.38. The number of rotatable bonds is 1. The van der Waals surface area contributed by atoms with Gasteiger partial charge in [-0.1, -0.05) is 0 Å². The maximum absolute atomic E-state index is 13.5. The van der Waals surface area contributed by atoms with Crippen LogP contribution in [-0.4, -0.2) is 26.7 Å². The number of ether oxygens (including phenoxy) is 1. The van der Waals surface area contributed by atoms with Crippen LogP contribution in [0.1, 0.15) is 0 Å². The van der Waals surface area contributed by atoms with Crippen LogP contribution in [0.15, 0.2) is 24.8 Å². The summed E-state index contributed by atoms with van der Waals surface area (Å²) in [7, 11) is 1.42. The molecule has 0 unspecified atom stereocenters. The molecule has 2 aromatic heterocycles. The number of aromatic nitrogens is 4. The third-order valence-electron chi connectivity index (χ3n) is 2.39. The lowest BCUT2D eigenvalue weighted by Crippen LogP contribution is -1.94. The number of hydrogen-bond donors (Lipinski definition) is 0. The average Bonchev–Trinajstić information content (AvgIpc) is 2.76. The van der Waals surface area contributed by atoms with E-state index in [0.717, 1.165) is 0 Å². The van der Waals surface area contributed by atoms with Crippen LogP contribution in [0.25, 0.3) is 16.6 Å². The molecule has 0 aliphatic heterocycles. The van der Waals surface area contributed by atoms with Gasteiger partial charge in [-0.25, -0.2) is 18.9 Å². The summed E-state index contributed by atoms with van der Waals surface area (Å²) in [6, 6.07) is 2.89. The van der Waals surface area contributed by atoms with Crippen molar-refractivity contribution in [2.45, 2.75) is 0 Å². The van der Waals surface area contributed by atoms with Crippen molar-refractivity contribution in [2.24, 2.45) is 0 Å². The molecule has 2 heterocycles. The average molecular weight is 218 g/mol. The summed E-state index contributed by atoms with van der Waals surface area (Å²) >= 11 is 0. The van der Waals surface area contributed by atoms with Crippen LogP contribution in [0.4, 0.5) is 4.39 Å². The zero-order chi connectivity index (χ0) is 11.1. The van der Waals surface area contributed by atoms with E-state index in [9.17, 15) is 4.39 Å². The molecule has 0 radical (unpaired) electrons. The number of halogens is 1. The van der Waals surface area contributed by atoms with Gasteiger partial charge in [0.1, 0.15) is 12.7 Å². The van der Waals surface area contributed by atoms with Gasteiger partial charge >= 0.3 is 0 Å². The smallest absolute Gasteiger partial charge is 0.166 e. The van der Waals surface area contributed by atoms with Crippen LogP contribution in [0.3, 0.4) is 0 Å². The Kier molecular flexibility index (Phi) is 1.76. The molecular weight excluding hydrogens is 211 g/mol. The lowest BCUT2D eigenvalue weighted by Gasteiger charge is -2.04. The first-order valence-corrected chi connectivity index (χ1v) is 4.61. The van der Waals surface area contributed by atoms with Crippen molar-refractivity contribution in [3.8, 4) is 5.75 Å². The number of fused-ring (bicyclic) bond motifs is 3. The summed E-state index contributed by atoms with van der Waals surface area (Å²) in [5, 5.41) is 4.54. The van der Waals surface area contributed by atoms with Gasteiger partial charge in [0, 0.05) is 11.5 Å². The van der Waals surface area contributed by atoms with E-state index in [4.69, 9.17) is 4.74 Å². The predicted molar refractivity (Wildman–Crippen MR) is 54.8 cm³/mol. The summed E-state index contributed by atoms with van der Waals surface area (Å²) < 4.78 is 19.9. The van der Waals surface area contributed by atoms with E-state index in [1.807, 2.05) is 0 Å². The Labute approximate surface area is 89.5 Å². The molecule has 0 aliphatic carbocycles.